The molecular weight excluding hydrogens is 625 g/mol. The summed E-state index contributed by atoms with van der Waals surface area (Å²) in [6.45, 7) is 21.0. The maximum atomic E-state index is 13.0. The first-order valence-corrected chi connectivity index (χ1v) is 22.8. The molecule has 5 aliphatic carbocycles. The number of hydrogen-bond donors (Lipinski definition) is 1. The number of allylic oxidation sites excluding steroid dienone is 2. The fourth-order valence-corrected chi connectivity index (χ4v) is 14.0. The first-order chi connectivity index (χ1) is 24.3. The molecule has 3 heteroatoms. The normalized spacial score (nSPS) is 40.0. The number of fused-ring (bicyclic) bond motifs is 7. The number of rotatable bonds is 19. The largest absolute Gasteiger partial charge is 0.481 e. The second kappa shape index (κ2) is 17.3. The average Bonchev–Trinajstić information content (AvgIpc) is 3.08. The van der Waals surface area contributed by atoms with Crippen molar-refractivity contribution >= 4 is 5.97 Å². The van der Waals surface area contributed by atoms with Gasteiger partial charge in [-0.3, -0.25) is 4.79 Å². The molecule has 294 valence electrons. The fraction of sp³-hybridized carbons (Fsp3) is 0.938. The molecule has 1 unspecified atom stereocenters. The number of unbranched alkanes of at least 4 members (excludes halogenated alkanes) is 15. The lowest BCUT2D eigenvalue weighted by Gasteiger charge is -2.71. The predicted molar refractivity (Wildman–Crippen MR) is 216 cm³/mol. The molecule has 0 amide bonds. The third-order valence-electron chi connectivity index (χ3n) is 17.7. The van der Waals surface area contributed by atoms with Crippen molar-refractivity contribution in [2.45, 2.75) is 222 Å². The summed E-state index contributed by atoms with van der Waals surface area (Å²) in [5.41, 5.74) is 1.83. The number of hydrogen-bond acceptors (Lipinski definition) is 2. The Hall–Kier alpha value is -0.830. The first kappa shape index (κ1) is 41.3. The predicted octanol–water partition coefficient (Wildman–Crippen LogP) is 14.4. The van der Waals surface area contributed by atoms with Crippen molar-refractivity contribution in [3.05, 3.63) is 11.6 Å². The third kappa shape index (κ3) is 7.97. The minimum Gasteiger partial charge on any atom is -0.481 e. The molecule has 10 atom stereocenters. The molecule has 0 saturated heterocycles. The van der Waals surface area contributed by atoms with Crippen molar-refractivity contribution in [1.29, 1.82) is 0 Å². The Morgan fingerprint density at radius 2 is 1.27 bits per heavy atom. The molecular formula is C48H84O3. The van der Waals surface area contributed by atoms with Crippen LogP contribution >= 0.6 is 0 Å². The van der Waals surface area contributed by atoms with E-state index >= 15 is 0 Å². The number of carboxylic acid groups (broad SMARTS) is 1. The highest BCUT2D eigenvalue weighted by atomic mass is 16.5. The Bertz CT molecular complexity index is 1160. The molecule has 0 aromatic carbocycles. The summed E-state index contributed by atoms with van der Waals surface area (Å²) >= 11 is 0. The van der Waals surface area contributed by atoms with Crippen LogP contribution in [0.4, 0.5) is 0 Å². The summed E-state index contributed by atoms with van der Waals surface area (Å²) in [5.74, 6) is 2.06. The van der Waals surface area contributed by atoms with Crippen LogP contribution in [0.1, 0.15) is 216 Å². The van der Waals surface area contributed by atoms with Gasteiger partial charge in [-0.1, -0.05) is 163 Å². The van der Waals surface area contributed by atoms with Gasteiger partial charge >= 0.3 is 5.97 Å². The van der Waals surface area contributed by atoms with Gasteiger partial charge in [0.15, 0.2) is 0 Å². The van der Waals surface area contributed by atoms with E-state index in [1.807, 2.05) is 0 Å². The van der Waals surface area contributed by atoms with Gasteiger partial charge in [-0.05, 0) is 115 Å². The van der Waals surface area contributed by atoms with E-state index in [2.05, 4.69) is 61.5 Å². The second-order valence-electron chi connectivity index (χ2n) is 20.6. The zero-order valence-corrected chi connectivity index (χ0v) is 35.2. The highest BCUT2D eigenvalue weighted by Crippen LogP contribution is 2.75. The molecule has 0 aliphatic heterocycles. The molecule has 0 aromatic heterocycles. The SMILES string of the molecule is CCCCCCCCCCCCCCCCCCO[C@H]1CC[C@@]2(C)C(CC[C@]3(C)[C@@H]2CC=C2[C@@H]4[C@@H](C)[C@H](C)CC[C@]4(C(=O)O)CC[C@]23C)C1(C)C. The van der Waals surface area contributed by atoms with Gasteiger partial charge in [0.25, 0.3) is 0 Å². The van der Waals surface area contributed by atoms with E-state index in [4.69, 9.17) is 4.74 Å². The number of carbonyl (C=O) groups is 1. The van der Waals surface area contributed by atoms with E-state index in [-0.39, 0.29) is 22.2 Å². The van der Waals surface area contributed by atoms with Crippen LogP contribution in [0.25, 0.3) is 0 Å². The van der Waals surface area contributed by atoms with E-state index in [1.54, 1.807) is 5.57 Å². The fourth-order valence-electron chi connectivity index (χ4n) is 14.0. The van der Waals surface area contributed by atoms with E-state index in [9.17, 15) is 9.90 Å². The van der Waals surface area contributed by atoms with E-state index in [0.717, 1.165) is 38.7 Å². The monoisotopic (exact) mass is 709 g/mol. The lowest BCUT2D eigenvalue weighted by atomic mass is 9.33. The highest BCUT2D eigenvalue weighted by molar-refractivity contribution is 5.76. The zero-order valence-electron chi connectivity index (χ0n) is 35.2. The maximum Gasteiger partial charge on any atom is 0.310 e. The van der Waals surface area contributed by atoms with Crippen LogP contribution in [-0.2, 0) is 9.53 Å². The molecule has 3 nitrogen and oxygen atoms in total. The van der Waals surface area contributed by atoms with Crippen LogP contribution < -0.4 is 0 Å². The molecule has 0 heterocycles. The minimum atomic E-state index is -0.550. The first-order valence-electron chi connectivity index (χ1n) is 22.8. The van der Waals surface area contributed by atoms with Crippen molar-refractivity contribution < 1.29 is 14.6 Å². The number of ether oxygens (including phenoxy) is 1. The van der Waals surface area contributed by atoms with E-state index < -0.39 is 11.4 Å². The highest BCUT2D eigenvalue weighted by Gasteiger charge is 2.69. The van der Waals surface area contributed by atoms with Crippen LogP contribution in [0.5, 0.6) is 0 Å². The quantitative estimate of drug-likeness (QED) is 0.107. The molecule has 0 spiro atoms. The number of carboxylic acids is 1. The molecule has 51 heavy (non-hydrogen) atoms. The van der Waals surface area contributed by atoms with Gasteiger partial charge in [0, 0.05) is 6.61 Å². The molecule has 0 aromatic rings. The van der Waals surface area contributed by atoms with Gasteiger partial charge in [-0.25, -0.2) is 0 Å². The second-order valence-corrected chi connectivity index (χ2v) is 20.6. The Morgan fingerprint density at radius 3 is 1.84 bits per heavy atom. The molecule has 5 rings (SSSR count). The maximum absolute atomic E-state index is 13.0. The van der Waals surface area contributed by atoms with E-state index in [1.165, 1.54) is 128 Å². The van der Waals surface area contributed by atoms with Crippen molar-refractivity contribution in [2.24, 2.45) is 56.7 Å². The Balaban J connectivity index is 1.08. The molecule has 4 fully saturated rings. The molecule has 1 N–H and O–H groups in total. The summed E-state index contributed by atoms with van der Waals surface area (Å²) in [4.78, 5) is 13.0. The summed E-state index contributed by atoms with van der Waals surface area (Å²) in [7, 11) is 0. The van der Waals surface area contributed by atoms with Crippen molar-refractivity contribution in [3.8, 4) is 0 Å². The van der Waals surface area contributed by atoms with Crippen molar-refractivity contribution in [3.63, 3.8) is 0 Å². The van der Waals surface area contributed by atoms with E-state index in [0.29, 0.717) is 35.2 Å². The summed E-state index contributed by atoms with van der Waals surface area (Å²) in [6.07, 6.45) is 35.6. The van der Waals surface area contributed by atoms with Gasteiger partial charge < -0.3 is 9.84 Å². The molecule has 5 aliphatic rings. The van der Waals surface area contributed by atoms with Crippen LogP contribution in [0, 0.1) is 56.7 Å². The number of aliphatic carboxylic acids is 1. The third-order valence-corrected chi connectivity index (χ3v) is 17.7. The zero-order chi connectivity index (χ0) is 36.9. The average molecular weight is 709 g/mol. The van der Waals surface area contributed by atoms with Gasteiger partial charge in [0.2, 0.25) is 0 Å². The van der Waals surface area contributed by atoms with Crippen LogP contribution in [0.2, 0.25) is 0 Å². The van der Waals surface area contributed by atoms with Crippen LogP contribution in [-0.4, -0.2) is 23.8 Å². The summed E-state index contributed by atoms with van der Waals surface area (Å²) in [5, 5.41) is 10.7. The van der Waals surface area contributed by atoms with Gasteiger partial charge in [-0.15, -0.1) is 0 Å². The smallest absolute Gasteiger partial charge is 0.310 e. The van der Waals surface area contributed by atoms with Crippen LogP contribution in [0.15, 0.2) is 11.6 Å². The molecule has 0 bridgehead atoms. The summed E-state index contributed by atoms with van der Waals surface area (Å²) in [6, 6.07) is 0. The topological polar surface area (TPSA) is 46.5 Å². The lowest BCUT2D eigenvalue weighted by Crippen LogP contribution is -2.65. The minimum absolute atomic E-state index is 0.101. The molecule has 0 radical (unpaired) electrons. The Kier molecular flexibility index (Phi) is 14.0. The van der Waals surface area contributed by atoms with Gasteiger partial charge in [0.05, 0.1) is 11.5 Å². The van der Waals surface area contributed by atoms with Crippen molar-refractivity contribution in [2.75, 3.05) is 6.61 Å². The standard InChI is InChI=1S/C48H84O3/c1-9-10-11-12-13-14-15-16-17-18-19-20-21-22-23-24-35-51-41-29-30-45(6)39(44(41,4)5)28-31-47(8)40(45)26-25-38-42-37(3)36(2)27-32-48(42,43(49)50)34-33-46(38,47)7/h25,36-37,39-42H,9-24,26-35H2,1-8H3,(H,49,50)/t36-,37+,39?,40-,41+,42+,45+,46-,47-,48+/m1/s1. The Labute approximate surface area is 316 Å². The van der Waals surface area contributed by atoms with Gasteiger partial charge in [-0.2, -0.15) is 0 Å². The van der Waals surface area contributed by atoms with Gasteiger partial charge in [0.1, 0.15) is 0 Å². The van der Waals surface area contributed by atoms with Crippen molar-refractivity contribution in [1.82, 2.24) is 0 Å². The molecule has 4 saturated carbocycles. The summed E-state index contributed by atoms with van der Waals surface area (Å²) < 4.78 is 6.83. The van der Waals surface area contributed by atoms with Crippen LogP contribution in [0.3, 0.4) is 0 Å². The Morgan fingerprint density at radius 1 is 0.706 bits per heavy atom. The lowest BCUT2D eigenvalue weighted by molar-refractivity contribution is -0.213.